The Morgan fingerprint density at radius 2 is 1.57 bits per heavy atom. The predicted molar refractivity (Wildman–Crippen MR) is 94.0 cm³/mol. The highest BCUT2D eigenvalue weighted by Gasteiger charge is 2.17. The molecule has 5 nitrogen and oxygen atoms in total. The van der Waals surface area contributed by atoms with Crippen LogP contribution in [0.5, 0.6) is 17.2 Å². The average Bonchev–Trinajstić information content (AvgIpc) is 2.51. The van der Waals surface area contributed by atoms with Crippen molar-refractivity contribution in [2.45, 2.75) is 32.1 Å². The summed E-state index contributed by atoms with van der Waals surface area (Å²) in [4.78, 5) is 12.3. The van der Waals surface area contributed by atoms with Crippen LogP contribution in [0, 0.1) is 0 Å². The van der Waals surface area contributed by atoms with E-state index in [2.05, 4.69) is 19.6 Å². The molecule has 0 radical (unpaired) electrons. The van der Waals surface area contributed by atoms with Gasteiger partial charge in [0.15, 0.2) is 17.3 Å². The van der Waals surface area contributed by atoms with Crippen molar-refractivity contribution in [1.82, 2.24) is 0 Å². The first-order valence-corrected chi connectivity index (χ1v) is 11.4. The van der Waals surface area contributed by atoms with Crippen molar-refractivity contribution < 1.29 is 23.7 Å². The van der Waals surface area contributed by atoms with Gasteiger partial charge in [-0.25, -0.2) is 0 Å². The first kappa shape index (κ1) is 19.5. The molecule has 0 saturated heterocycles. The van der Waals surface area contributed by atoms with Crippen molar-refractivity contribution in [2.24, 2.45) is 0 Å². The standard InChI is InChI=1S/C17H28O5Si/c1-19-15-10-13(11-16(20-2)17(15)21-3)14(18)12-22-8-7-9-23(4,5)6/h10-11H,7-9,12H2,1-6H3. The van der Waals surface area contributed by atoms with Crippen molar-refractivity contribution in [3.8, 4) is 17.2 Å². The SMILES string of the molecule is COc1cc(C(=O)COCCC[Si](C)(C)C)cc(OC)c1OC. The minimum Gasteiger partial charge on any atom is -0.493 e. The van der Waals surface area contributed by atoms with Gasteiger partial charge in [-0.15, -0.1) is 0 Å². The zero-order chi connectivity index (χ0) is 17.5. The van der Waals surface area contributed by atoms with E-state index in [0.717, 1.165) is 6.42 Å². The molecule has 0 aromatic heterocycles. The van der Waals surface area contributed by atoms with Crippen LogP contribution in [0.15, 0.2) is 12.1 Å². The van der Waals surface area contributed by atoms with Crippen molar-refractivity contribution in [3.63, 3.8) is 0 Å². The maximum Gasteiger partial charge on any atom is 0.203 e. The maximum atomic E-state index is 12.3. The number of methoxy groups -OCH3 is 3. The van der Waals surface area contributed by atoms with Crippen molar-refractivity contribution >= 4 is 13.9 Å². The van der Waals surface area contributed by atoms with E-state index in [1.54, 1.807) is 12.1 Å². The monoisotopic (exact) mass is 340 g/mol. The lowest BCUT2D eigenvalue weighted by molar-refractivity contribution is 0.0760. The van der Waals surface area contributed by atoms with E-state index in [1.165, 1.54) is 27.4 Å². The molecule has 1 aromatic rings. The van der Waals surface area contributed by atoms with Crippen LogP contribution in [0.4, 0.5) is 0 Å². The highest BCUT2D eigenvalue weighted by Crippen LogP contribution is 2.38. The number of ketones is 1. The summed E-state index contributed by atoms with van der Waals surface area (Å²) < 4.78 is 21.3. The lowest BCUT2D eigenvalue weighted by Crippen LogP contribution is -2.20. The Morgan fingerprint density at radius 1 is 1.00 bits per heavy atom. The molecule has 0 atom stereocenters. The van der Waals surface area contributed by atoms with E-state index >= 15 is 0 Å². The summed E-state index contributed by atoms with van der Waals surface area (Å²) in [6, 6.07) is 4.50. The van der Waals surface area contributed by atoms with E-state index in [4.69, 9.17) is 18.9 Å². The molecule has 1 aromatic carbocycles. The Hall–Kier alpha value is -1.53. The predicted octanol–water partition coefficient (Wildman–Crippen LogP) is 3.64. The molecular weight excluding hydrogens is 312 g/mol. The molecule has 0 unspecified atom stereocenters. The number of carbonyl (C=O) groups is 1. The van der Waals surface area contributed by atoms with Gasteiger partial charge in [0.1, 0.15) is 6.61 Å². The number of benzene rings is 1. The normalized spacial score (nSPS) is 11.2. The number of hydrogen-bond acceptors (Lipinski definition) is 5. The number of ether oxygens (including phenoxy) is 4. The van der Waals surface area contributed by atoms with Gasteiger partial charge in [-0.05, 0) is 18.6 Å². The number of rotatable bonds is 10. The van der Waals surface area contributed by atoms with Gasteiger partial charge in [0.05, 0.1) is 21.3 Å². The first-order chi connectivity index (χ1) is 10.8. The van der Waals surface area contributed by atoms with Crippen molar-refractivity contribution in [3.05, 3.63) is 17.7 Å². The molecule has 0 aliphatic rings. The fraction of sp³-hybridized carbons (Fsp3) is 0.588. The van der Waals surface area contributed by atoms with Gasteiger partial charge in [-0.2, -0.15) is 0 Å². The van der Waals surface area contributed by atoms with Crippen molar-refractivity contribution in [2.75, 3.05) is 34.5 Å². The molecule has 6 heteroatoms. The Morgan fingerprint density at radius 3 is 2.00 bits per heavy atom. The zero-order valence-electron chi connectivity index (χ0n) is 15.0. The van der Waals surface area contributed by atoms with Crippen molar-refractivity contribution in [1.29, 1.82) is 0 Å². The molecule has 1 rings (SSSR count). The summed E-state index contributed by atoms with van der Waals surface area (Å²) in [5, 5.41) is 0. The van der Waals surface area contributed by atoms with E-state index < -0.39 is 8.07 Å². The molecule has 23 heavy (non-hydrogen) atoms. The average molecular weight is 340 g/mol. The second kappa shape index (κ2) is 8.93. The number of hydrogen-bond donors (Lipinski definition) is 0. The zero-order valence-corrected chi connectivity index (χ0v) is 16.0. The highest BCUT2D eigenvalue weighted by atomic mass is 28.3. The Kier molecular flexibility index (Phi) is 7.58. The minimum absolute atomic E-state index is 0.0599. The molecule has 130 valence electrons. The van der Waals surface area contributed by atoms with E-state index in [9.17, 15) is 4.79 Å². The van der Waals surface area contributed by atoms with E-state index in [0.29, 0.717) is 29.4 Å². The summed E-state index contributed by atoms with van der Waals surface area (Å²) in [5.74, 6) is 1.31. The lowest BCUT2D eigenvalue weighted by Gasteiger charge is -2.15. The number of carbonyl (C=O) groups excluding carboxylic acids is 1. The molecule has 0 heterocycles. The third-order valence-electron chi connectivity index (χ3n) is 3.44. The van der Waals surface area contributed by atoms with Gasteiger partial charge in [-0.1, -0.05) is 25.7 Å². The summed E-state index contributed by atoms with van der Waals surface area (Å²) >= 11 is 0. The highest BCUT2D eigenvalue weighted by molar-refractivity contribution is 6.76. The maximum absolute atomic E-state index is 12.3. The second-order valence-electron chi connectivity index (χ2n) is 6.55. The summed E-state index contributed by atoms with van der Waals surface area (Å²) in [6.45, 7) is 7.65. The minimum atomic E-state index is -1.05. The largest absolute Gasteiger partial charge is 0.493 e. The van der Waals surface area contributed by atoms with E-state index in [1.807, 2.05) is 0 Å². The quantitative estimate of drug-likeness (QED) is 0.370. The molecule has 0 saturated carbocycles. The van der Waals surface area contributed by atoms with Gasteiger partial charge < -0.3 is 18.9 Å². The molecule has 0 fully saturated rings. The van der Waals surface area contributed by atoms with Crippen LogP contribution in [0.2, 0.25) is 25.7 Å². The van der Waals surface area contributed by atoms with Crippen LogP contribution in [0.25, 0.3) is 0 Å². The molecular formula is C17H28O5Si. The smallest absolute Gasteiger partial charge is 0.203 e. The fourth-order valence-corrected chi connectivity index (χ4v) is 3.40. The van der Waals surface area contributed by atoms with Crippen LogP contribution < -0.4 is 14.2 Å². The summed E-state index contributed by atoms with van der Waals surface area (Å²) in [6.07, 6.45) is 0.998. The van der Waals surface area contributed by atoms with Crippen LogP contribution in [0.3, 0.4) is 0 Å². The first-order valence-electron chi connectivity index (χ1n) is 7.73. The van der Waals surface area contributed by atoms with Crippen LogP contribution in [0.1, 0.15) is 16.8 Å². The molecule has 0 N–H and O–H groups in total. The van der Waals surface area contributed by atoms with Crippen LogP contribution in [-0.4, -0.2) is 48.4 Å². The summed E-state index contributed by atoms with van der Waals surface area (Å²) in [7, 11) is 3.54. The topological polar surface area (TPSA) is 54.0 Å². The van der Waals surface area contributed by atoms with E-state index in [-0.39, 0.29) is 12.4 Å². The molecule has 0 amide bonds. The third kappa shape index (κ3) is 6.23. The Balaban J connectivity index is 2.66. The van der Waals surface area contributed by atoms with Gasteiger partial charge in [0, 0.05) is 20.2 Å². The van der Waals surface area contributed by atoms with Gasteiger partial charge >= 0.3 is 0 Å². The Bertz CT molecular complexity index is 497. The third-order valence-corrected chi connectivity index (χ3v) is 5.29. The van der Waals surface area contributed by atoms with Gasteiger partial charge in [-0.3, -0.25) is 4.79 Å². The fourth-order valence-electron chi connectivity index (χ4n) is 2.19. The Labute approximate surface area is 139 Å². The van der Waals surface area contributed by atoms with Crippen LogP contribution in [-0.2, 0) is 4.74 Å². The second-order valence-corrected chi connectivity index (χ2v) is 12.2. The van der Waals surface area contributed by atoms with Gasteiger partial charge in [0.25, 0.3) is 0 Å². The van der Waals surface area contributed by atoms with Gasteiger partial charge in [0.2, 0.25) is 5.75 Å². The number of Topliss-reactive ketones (excluding diaryl/α,β-unsaturated/α-hetero) is 1. The summed E-state index contributed by atoms with van der Waals surface area (Å²) in [5.41, 5.74) is 0.490. The molecule has 0 aliphatic heterocycles. The molecule has 0 aliphatic carbocycles. The molecule has 0 spiro atoms. The lowest BCUT2D eigenvalue weighted by atomic mass is 10.1. The molecule has 0 bridgehead atoms. The van der Waals surface area contributed by atoms with Crippen LogP contribution >= 0.6 is 0 Å².